The molecule has 2 aliphatic rings. The maximum Gasteiger partial charge on any atom is 0.407 e. The van der Waals surface area contributed by atoms with Gasteiger partial charge in [-0.2, -0.15) is 4.98 Å². The predicted molar refractivity (Wildman–Crippen MR) is 90.8 cm³/mol. The summed E-state index contributed by atoms with van der Waals surface area (Å²) in [6.45, 7) is 5.04. The first-order chi connectivity index (χ1) is 12.1. The van der Waals surface area contributed by atoms with Gasteiger partial charge in [0.2, 0.25) is 11.7 Å². The highest BCUT2D eigenvalue weighted by atomic mass is 16.6. The largest absolute Gasteiger partial charge is 0.441 e. The molecule has 3 heterocycles. The van der Waals surface area contributed by atoms with Crippen molar-refractivity contribution in [1.82, 2.24) is 20.4 Å². The van der Waals surface area contributed by atoms with Crippen LogP contribution in [0.25, 0.3) is 11.4 Å². The van der Waals surface area contributed by atoms with E-state index in [1.165, 1.54) is 0 Å². The number of nitrogens with zero attached hydrogens (tertiary/aromatic N) is 3. The van der Waals surface area contributed by atoms with Crippen LogP contribution in [-0.2, 0) is 11.3 Å². The number of amides is 1. The summed E-state index contributed by atoms with van der Waals surface area (Å²) in [6.07, 6.45) is 2.40. The molecule has 7 nitrogen and oxygen atoms in total. The number of carbonyl (C=O) groups is 1. The maximum atomic E-state index is 11.4. The molecule has 0 radical (unpaired) electrons. The molecule has 25 heavy (non-hydrogen) atoms. The van der Waals surface area contributed by atoms with Gasteiger partial charge in [0.15, 0.2) is 0 Å². The topological polar surface area (TPSA) is 80.5 Å². The molecule has 1 atom stereocenters. The second-order valence-electron chi connectivity index (χ2n) is 6.88. The first-order valence-corrected chi connectivity index (χ1v) is 8.71. The van der Waals surface area contributed by atoms with Crippen molar-refractivity contribution in [2.24, 2.45) is 0 Å². The lowest BCUT2D eigenvalue weighted by molar-refractivity contribution is 0.0440. The minimum absolute atomic E-state index is 0.298. The number of hydrogen-bond donors (Lipinski definition) is 1. The van der Waals surface area contributed by atoms with E-state index < -0.39 is 0 Å². The molecule has 4 rings (SSSR count). The standard InChI is InChI=1S/C18H22N4O3/c1-13-5-2-3-6-14(13)16-20-15(25-21-16)11-22-9-4-7-18(8-10-22)12-19-17(23)24-18/h2-3,5-6H,4,7-12H2,1H3,(H,19,23). The second kappa shape index (κ2) is 6.48. The average Bonchev–Trinajstić information content (AvgIpc) is 3.14. The molecule has 1 spiro atoms. The van der Waals surface area contributed by atoms with Gasteiger partial charge in [-0.1, -0.05) is 29.4 Å². The fourth-order valence-corrected chi connectivity index (χ4v) is 3.61. The average molecular weight is 342 g/mol. The Balaban J connectivity index is 1.41. The van der Waals surface area contributed by atoms with Gasteiger partial charge in [-0.3, -0.25) is 4.90 Å². The molecule has 2 aliphatic heterocycles. The summed E-state index contributed by atoms with van der Waals surface area (Å²) in [5.41, 5.74) is 1.78. The van der Waals surface area contributed by atoms with E-state index in [0.29, 0.717) is 24.8 Å². The van der Waals surface area contributed by atoms with Crippen molar-refractivity contribution in [2.45, 2.75) is 38.3 Å². The van der Waals surface area contributed by atoms with Crippen LogP contribution in [0.4, 0.5) is 4.79 Å². The normalized spacial score (nSPS) is 24.1. The number of alkyl carbamates (subject to hydrolysis) is 1. The molecular formula is C18H22N4O3. The lowest BCUT2D eigenvalue weighted by Gasteiger charge is -2.24. The Morgan fingerprint density at radius 1 is 1.28 bits per heavy atom. The molecule has 132 valence electrons. The van der Waals surface area contributed by atoms with Crippen LogP contribution in [0.2, 0.25) is 0 Å². The minimum Gasteiger partial charge on any atom is -0.441 e. The highest BCUT2D eigenvalue weighted by molar-refractivity contribution is 5.70. The number of carbonyl (C=O) groups excluding carboxylic acids is 1. The highest BCUT2D eigenvalue weighted by Gasteiger charge is 2.41. The number of aromatic nitrogens is 2. The number of likely N-dealkylation sites (tertiary alicyclic amines) is 1. The monoisotopic (exact) mass is 342 g/mol. The third kappa shape index (κ3) is 3.37. The van der Waals surface area contributed by atoms with Crippen LogP contribution in [0.15, 0.2) is 28.8 Å². The van der Waals surface area contributed by atoms with E-state index in [1.807, 2.05) is 31.2 Å². The fraction of sp³-hybridized carbons (Fsp3) is 0.500. The van der Waals surface area contributed by atoms with Crippen molar-refractivity contribution in [1.29, 1.82) is 0 Å². The van der Waals surface area contributed by atoms with Crippen LogP contribution < -0.4 is 5.32 Å². The first-order valence-electron chi connectivity index (χ1n) is 8.71. The van der Waals surface area contributed by atoms with Crippen LogP contribution in [0.1, 0.15) is 30.7 Å². The van der Waals surface area contributed by atoms with Gasteiger partial charge in [0.25, 0.3) is 0 Å². The van der Waals surface area contributed by atoms with Crippen LogP contribution in [0.3, 0.4) is 0 Å². The van der Waals surface area contributed by atoms with Gasteiger partial charge in [-0.05, 0) is 31.9 Å². The molecular weight excluding hydrogens is 320 g/mol. The van der Waals surface area contributed by atoms with Crippen molar-refractivity contribution in [2.75, 3.05) is 19.6 Å². The van der Waals surface area contributed by atoms with E-state index in [1.54, 1.807) is 0 Å². The molecule has 2 saturated heterocycles. The summed E-state index contributed by atoms with van der Waals surface area (Å²) in [7, 11) is 0. The van der Waals surface area contributed by atoms with Crippen molar-refractivity contribution in [3.8, 4) is 11.4 Å². The third-order valence-corrected chi connectivity index (χ3v) is 5.07. The van der Waals surface area contributed by atoms with Crippen LogP contribution in [-0.4, -0.2) is 46.4 Å². The Bertz CT molecular complexity index is 775. The Hall–Kier alpha value is -2.41. The van der Waals surface area contributed by atoms with E-state index in [-0.39, 0.29) is 11.7 Å². The zero-order valence-corrected chi connectivity index (χ0v) is 14.3. The summed E-state index contributed by atoms with van der Waals surface area (Å²) >= 11 is 0. The quantitative estimate of drug-likeness (QED) is 0.923. The zero-order chi connectivity index (χ0) is 17.3. The number of aryl methyl sites for hydroxylation is 1. The summed E-state index contributed by atoms with van der Waals surface area (Å²) in [4.78, 5) is 18.2. The second-order valence-corrected chi connectivity index (χ2v) is 6.88. The highest BCUT2D eigenvalue weighted by Crippen LogP contribution is 2.30. The van der Waals surface area contributed by atoms with Gasteiger partial charge < -0.3 is 14.6 Å². The van der Waals surface area contributed by atoms with Gasteiger partial charge >= 0.3 is 6.09 Å². The lowest BCUT2D eigenvalue weighted by atomic mass is 9.95. The number of benzene rings is 1. The fourth-order valence-electron chi connectivity index (χ4n) is 3.61. The van der Waals surface area contributed by atoms with Crippen LogP contribution in [0, 0.1) is 6.92 Å². The molecule has 2 aromatic rings. The molecule has 1 aromatic carbocycles. The summed E-state index contributed by atoms with van der Waals surface area (Å²) in [5.74, 6) is 1.25. The Kier molecular flexibility index (Phi) is 4.17. The molecule has 1 amide bonds. The molecule has 0 saturated carbocycles. The van der Waals surface area contributed by atoms with Crippen molar-refractivity contribution in [3.63, 3.8) is 0 Å². The molecule has 1 aromatic heterocycles. The summed E-state index contributed by atoms with van der Waals surface area (Å²) in [6, 6.07) is 8.01. The predicted octanol–water partition coefficient (Wildman–Crippen LogP) is 2.51. The first kappa shape index (κ1) is 16.1. The Morgan fingerprint density at radius 3 is 2.96 bits per heavy atom. The molecule has 1 N–H and O–H groups in total. The molecule has 1 unspecified atom stereocenters. The summed E-state index contributed by atoms with van der Waals surface area (Å²) in [5, 5.41) is 6.90. The van der Waals surface area contributed by atoms with Crippen LogP contribution in [0.5, 0.6) is 0 Å². The third-order valence-electron chi connectivity index (χ3n) is 5.07. The Labute approximate surface area is 146 Å². The van der Waals surface area contributed by atoms with E-state index in [9.17, 15) is 4.79 Å². The van der Waals surface area contributed by atoms with E-state index in [0.717, 1.165) is 43.5 Å². The number of ether oxygens (including phenoxy) is 1. The van der Waals surface area contributed by atoms with E-state index >= 15 is 0 Å². The lowest BCUT2D eigenvalue weighted by Crippen LogP contribution is -2.34. The molecule has 2 fully saturated rings. The number of rotatable bonds is 3. The van der Waals surface area contributed by atoms with Crippen LogP contribution >= 0.6 is 0 Å². The van der Waals surface area contributed by atoms with Gasteiger partial charge in [-0.15, -0.1) is 0 Å². The van der Waals surface area contributed by atoms with Crippen molar-refractivity contribution in [3.05, 3.63) is 35.7 Å². The van der Waals surface area contributed by atoms with Gasteiger partial charge in [0.1, 0.15) is 5.60 Å². The number of nitrogens with one attached hydrogen (secondary N) is 1. The zero-order valence-electron chi connectivity index (χ0n) is 14.3. The van der Waals surface area contributed by atoms with E-state index in [4.69, 9.17) is 9.26 Å². The van der Waals surface area contributed by atoms with Gasteiger partial charge in [-0.25, -0.2) is 4.79 Å². The molecule has 0 bridgehead atoms. The number of hydrogen-bond acceptors (Lipinski definition) is 6. The maximum absolute atomic E-state index is 11.4. The smallest absolute Gasteiger partial charge is 0.407 e. The van der Waals surface area contributed by atoms with E-state index in [2.05, 4.69) is 20.4 Å². The Morgan fingerprint density at radius 2 is 2.16 bits per heavy atom. The SMILES string of the molecule is Cc1ccccc1-c1noc(CN2CCCC3(CC2)CNC(=O)O3)n1. The molecule has 0 aliphatic carbocycles. The van der Waals surface area contributed by atoms with Crippen molar-refractivity contribution < 1.29 is 14.1 Å². The van der Waals surface area contributed by atoms with Gasteiger partial charge in [0, 0.05) is 18.5 Å². The summed E-state index contributed by atoms with van der Waals surface area (Å²) < 4.78 is 11.0. The van der Waals surface area contributed by atoms with Crippen molar-refractivity contribution >= 4 is 6.09 Å². The minimum atomic E-state index is -0.340. The van der Waals surface area contributed by atoms with Gasteiger partial charge in [0.05, 0.1) is 13.1 Å². The molecule has 7 heteroatoms.